The number of nitrogens with zero attached hydrogens (tertiary/aromatic N) is 1. The first-order valence-electron chi connectivity index (χ1n) is 7.36. The van der Waals surface area contributed by atoms with E-state index in [0.29, 0.717) is 0 Å². The molecule has 0 bridgehead atoms. The molecule has 92 valence electrons. The van der Waals surface area contributed by atoms with E-state index in [1.807, 2.05) is 0 Å². The van der Waals surface area contributed by atoms with Crippen LogP contribution < -0.4 is 5.32 Å². The van der Waals surface area contributed by atoms with E-state index in [-0.39, 0.29) is 0 Å². The summed E-state index contributed by atoms with van der Waals surface area (Å²) in [6, 6.07) is 0.889. The molecule has 0 aromatic heterocycles. The molecule has 0 aromatic carbocycles. The largest absolute Gasteiger partial charge is 0.314 e. The van der Waals surface area contributed by atoms with Gasteiger partial charge in [0.1, 0.15) is 0 Å². The lowest BCUT2D eigenvalue weighted by molar-refractivity contribution is 0.248. The van der Waals surface area contributed by atoms with Crippen LogP contribution in [0.3, 0.4) is 0 Å². The molecule has 16 heavy (non-hydrogen) atoms. The van der Waals surface area contributed by atoms with Crippen LogP contribution in [0.4, 0.5) is 0 Å². The Hall–Kier alpha value is -0.0800. The lowest BCUT2D eigenvalue weighted by atomic mass is 10.3. The molecule has 0 radical (unpaired) electrons. The fraction of sp³-hybridized carbons (Fsp3) is 1.00. The maximum Gasteiger partial charge on any atom is 0.00682 e. The molecule has 0 amide bonds. The highest BCUT2D eigenvalue weighted by Crippen LogP contribution is 2.33. The second-order valence-corrected chi connectivity index (χ2v) is 6.23. The lowest BCUT2D eigenvalue weighted by Gasteiger charge is -2.22. The molecule has 2 heteroatoms. The summed E-state index contributed by atoms with van der Waals surface area (Å²) in [6.07, 6.45) is 10.2. The Morgan fingerprint density at radius 1 is 0.875 bits per heavy atom. The Morgan fingerprint density at radius 2 is 1.50 bits per heavy atom. The first-order valence-corrected chi connectivity index (χ1v) is 7.36. The van der Waals surface area contributed by atoms with Gasteiger partial charge in [0.25, 0.3) is 0 Å². The van der Waals surface area contributed by atoms with Gasteiger partial charge in [0.15, 0.2) is 0 Å². The highest BCUT2D eigenvalue weighted by molar-refractivity contribution is 4.83. The minimum absolute atomic E-state index is 0.889. The van der Waals surface area contributed by atoms with E-state index in [9.17, 15) is 0 Å². The maximum absolute atomic E-state index is 3.62. The molecule has 3 saturated carbocycles. The van der Waals surface area contributed by atoms with E-state index < -0.39 is 0 Å². The predicted octanol–water partition coefficient (Wildman–Crippen LogP) is 2.25. The summed E-state index contributed by atoms with van der Waals surface area (Å²) in [5.41, 5.74) is 0. The molecule has 0 unspecified atom stereocenters. The molecule has 3 fully saturated rings. The van der Waals surface area contributed by atoms with E-state index in [4.69, 9.17) is 0 Å². The highest BCUT2D eigenvalue weighted by Gasteiger charge is 2.28. The maximum atomic E-state index is 3.62. The van der Waals surface area contributed by atoms with Gasteiger partial charge in [-0.1, -0.05) is 0 Å². The number of hydrogen-bond acceptors (Lipinski definition) is 2. The molecule has 0 aliphatic heterocycles. The minimum Gasteiger partial charge on any atom is -0.314 e. The van der Waals surface area contributed by atoms with E-state index in [1.165, 1.54) is 71.1 Å². The van der Waals surface area contributed by atoms with Gasteiger partial charge < -0.3 is 10.2 Å². The van der Waals surface area contributed by atoms with Crippen molar-refractivity contribution in [1.29, 1.82) is 0 Å². The third-order valence-electron chi connectivity index (χ3n) is 4.09. The smallest absolute Gasteiger partial charge is 0.00682 e. The standard InChI is InChI=1S/C14H26N2/c1(8-15-14-6-7-14)9-16(10-12-2-3-12)11-13-4-5-13/h12-15H,1-11H2. The average molecular weight is 222 g/mol. The molecule has 3 aliphatic carbocycles. The zero-order valence-electron chi connectivity index (χ0n) is 10.5. The fourth-order valence-electron chi connectivity index (χ4n) is 2.48. The fourth-order valence-corrected chi connectivity index (χ4v) is 2.48. The van der Waals surface area contributed by atoms with Crippen molar-refractivity contribution in [2.75, 3.05) is 26.2 Å². The van der Waals surface area contributed by atoms with Gasteiger partial charge in [0.05, 0.1) is 0 Å². The quantitative estimate of drug-likeness (QED) is 0.602. The van der Waals surface area contributed by atoms with Crippen LogP contribution in [0.15, 0.2) is 0 Å². The first kappa shape index (κ1) is 11.0. The molecule has 0 heterocycles. The van der Waals surface area contributed by atoms with Gasteiger partial charge in [-0.25, -0.2) is 0 Å². The second-order valence-electron chi connectivity index (χ2n) is 6.23. The zero-order chi connectivity index (χ0) is 10.8. The number of rotatable bonds is 9. The zero-order valence-corrected chi connectivity index (χ0v) is 10.5. The summed E-state index contributed by atoms with van der Waals surface area (Å²) >= 11 is 0. The van der Waals surface area contributed by atoms with E-state index in [2.05, 4.69) is 10.2 Å². The second kappa shape index (κ2) is 5.05. The molecular weight excluding hydrogens is 196 g/mol. The van der Waals surface area contributed by atoms with Crippen molar-refractivity contribution < 1.29 is 0 Å². The van der Waals surface area contributed by atoms with Crippen LogP contribution in [0.25, 0.3) is 0 Å². The van der Waals surface area contributed by atoms with E-state index >= 15 is 0 Å². The summed E-state index contributed by atoms with van der Waals surface area (Å²) in [4.78, 5) is 2.75. The summed E-state index contributed by atoms with van der Waals surface area (Å²) in [7, 11) is 0. The monoisotopic (exact) mass is 222 g/mol. The van der Waals surface area contributed by atoms with Crippen LogP contribution in [0.5, 0.6) is 0 Å². The van der Waals surface area contributed by atoms with Crippen LogP contribution in [-0.2, 0) is 0 Å². The van der Waals surface area contributed by atoms with Gasteiger partial charge in [-0.3, -0.25) is 0 Å². The molecule has 3 aliphatic rings. The van der Waals surface area contributed by atoms with E-state index in [0.717, 1.165) is 17.9 Å². The summed E-state index contributed by atoms with van der Waals surface area (Å²) in [5.74, 6) is 2.13. The molecule has 0 atom stereocenters. The van der Waals surface area contributed by atoms with Gasteiger partial charge in [-0.15, -0.1) is 0 Å². The molecule has 3 rings (SSSR count). The van der Waals surface area contributed by atoms with Gasteiger partial charge in [-0.05, 0) is 69.9 Å². The Labute approximate surface area is 99.8 Å². The van der Waals surface area contributed by atoms with Crippen LogP contribution in [0.1, 0.15) is 44.9 Å². The Bertz CT molecular complexity index is 203. The Morgan fingerprint density at radius 3 is 2.00 bits per heavy atom. The van der Waals surface area contributed by atoms with Crippen molar-refractivity contribution >= 4 is 0 Å². The molecule has 0 aromatic rings. The van der Waals surface area contributed by atoms with Crippen molar-refractivity contribution in [3.8, 4) is 0 Å². The molecule has 0 spiro atoms. The van der Waals surface area contributed by atoms with Crippen molar-refractivity contribution in [2.24, 2.45) is 11.8 Å². The van der Waals surface area contributed by atoms with Gasteiger partial charge >= 0.3 is 0 Å². The Balaban J connectivity index is 1.29. The summed E-state index contributed by atoms with van der Waals surface area (Å²) in [6.45, 7) is 5.39. The highest BCUT2D eigenvalue weighted by atomic mass is 15.1. The van der Waals surface area contributed by atoms with Crippen LogP contribution in [-0.4, -0.2) is 37.1 Å². The third-order valence-corrected chi connectivity index (χ3v) is 4.09. The topological polar surface area (TPSA) is 15.3 Å². The van der Waals surface area contributed by atoms with Crippen LogP contribution in [0.2, 0.25) is 0 Å². The average Bonchev–Trinajstić information content (AvgIpc) is 3.12. The first-order chi connectivity index (χ1) is 7.90. The van der Waals surface area contributed by atoms with Crippen molar-refractivity contribution in [2.45, 2.75) is 51.0 Å². The summed E-state index contributed by atoms with van der Waals surface area (Å²) < 4.78 is 0. The SMILES string of the molecule is C(CNC1CC1)CN(CC1CC1)CC1CC1. The van der Waals surface area contributed by atoms with Gasteiger partial charge in [0.2, 0.25) is 0 Å². The van der Waals surface area contributed by atoms with E-state index in [1.54, 1.807) is 0 Å². The lowest BCUT2D eigenvalue weighted by Crippen LogP contribution is -2.31. The summed E-state index contributed by atoms with van der Waals surface area (Å²) in [5, 5.41) is 3.62. The van der Waals surface area contributed by atoms with Gasteiger partial charge in [0, 0.05) is 19.1 Å². The van der Waals surface area contributed by atoms with Crippen molar-refractivity contribution in [3.05, 3.63) is 0 Å². The minimum atomic E-state index is 0.889. The molecular formula is C14H26N2. The molecule has 1 N–H and O–H groups in total. The number of hydrogen-bond donors (Lipinski definition) is 1. The molecule has 2 nitrogen and oxygen atoms in total. The van der Waals surface area contributed by atoms with Crippen LogP contribution >= 0.6 is 0 Å². The Kier molecular flexibility index (Phi) is 3.49. The third kappa shape index (κ3) is 4.06. The molecule has 0 saturated heterocycles. The van der Waals surface area contributed by atoms with Crippen molar-refractivity contribution in [3.63, 3.8) is 0 Å². The van der Waals surface area contributed by atoms with Crippen LogP contribution in [0, 0.1) is 11.8 Å². The number of nitrogens with one attached hydrogen (secondary N) is 1. The normalized spacial score (nSPS) is 25.3. The predicted molar refractivity (Wildman–Crippen MR) is 67.5 cm³/mol. The van der Waals surface area contributed by atoms with Crippen molar-refractivity contribution in [1.82, 2.24) is 10.2 Å². The van der Waals surface area contributed by atoms with Gasteiger partial charge in [-0.2, -0.15) is 0 Å².